The number of unbranched alkanes of at least 4 members (excludes halogenated alkanes) is 1. The standard InChI is InChI=1S/C15H27N3/c1-3-16-13(2)8-6-7-11-18-12-17-14-9-4-5-10-15(14)18/h12-13,16H,3-11H2,1-2H3. The topological polar surface area (TPSA) is 29.9 Å². The lowest BCUT2D eigenvalue weighted by Gasteiger charge is -2.15. The number of imidazole rings is 1. The molecule has 0 saturated heterocycles. The molecule has 0 bridgehead atoms. The fourth-order valence-electron chi connectivity index (χ4n) is 2.91. The highest BCUT2D eigenvalue weighted by Gasteiger charge is 2.14. The second-order valence-corrected chi connectivity index (χ2v) is 5.49. The minimum absolute atomic E-state index is 0.659. The van der Waals surface area contributed by atoms with Crippen molar-refractivity contribution in [1.29, 1.82) is 0 Å². The van der Waals surface area contributed by atoms with E-state index in [1.165, 1.54) is 56.3 Å². The molecule has 0 spiro atoms. The third-order valence-corrected chi connectivity index (χ3v) is 3.95. The van der Waals surface area contributed by atoms with Crippen molar-refractivity contribution in [2.75, 3.05) is 6.54 Å². The minimum Gasteiger partial charge on any atom is -0.334 e. The molecule has 0 aliphatic heterocycles. The second-order valence-electron chi connectivity index (χ2n) is 5.49. The molecule has 0 aromatic carbocycles. The molecule has 0 radical (unpaired) electrons. The maximum atomic E-state index is 4.55. The zero-order valence-electron chi connectivity index (χ0n) is 11.9. The fourth-order valence-corrected chi connectivity index (χ4v) is 2.91. The van der Waals surface area contributed by atoms with E-state index in [4.69, 9.17) is 0 Å². The maximum Gasteiger partial charge on any atom is 0.0951 e. The van der Waals surface area contributed by atoms with Gasteiger partial charge in [-0.3, -0.25) is 0 Å². The highest BCUT2D eigenvalue weighted by Crippen LogP contribution is 2.20. The van der Waals surface area contributed by atoms with Crippen molar-refractivity contribution >= 4 is 0 Å². The molecule has 18 heavy (non-hydrogen) atoms. The quantitative estimate of drug-likeness (QED) is 0.753. The van der Waals surface area contributed by atoms with E-state index < -0.39 is 0 Å². The van der Waals surface area contributed by atoms with E-state index in [-0.39, 0.29) is 0 Å². The number of hydrogen-bond donors (Lipinski definition) is 1. The fraction of sp³-hybridized carbons (Fsp3) is 0.800. The molecule has 1 aromatic heterocycles. The molecule has 1 heterocycles. The summed E-state index contributed by atoms with van der Waals surface area (Å²) in [4.78, 5) is 4.55. The average Bonchev–Trinajstić information content (AvgIpc) is 2.78. The Morgan fingerprint density at radius 2 is 2.17 bits per heavy atom. The van der Waals surface area contributed by atoms with E-state index in [0.717, 1.165) is 13.1 Å². The Hall–Kier alpha value is -0.830. The molecule has 1 aromatic rings. The number of aromatic nitrogens is 2. The molecular weight excluding hydrogens is 222 g/mol. The lowest BCUT2D eigenvalue weighted by molar-refractivity contribution is 0.480. The first-order valence-electron chi connectivity index (χ1n) is 7.57. The van der Waals surface area contributed by atoms with Gasteiger partial charge in [0.15, 0.2) is 0 Å². The van der Waals surface area contributed by atoms with Crippen LogP contribution in [-0.2, 0) is 19.4 Å². The molecule has 3 nitrogen and oxygen atoms in total. The summed E-state index contributed by atoms with van der Waals surface area (Å²) in [6.45, 7) is 6.69. The van der Waals surface area contributed by atoms with Crippen LogP contribution in [0.3, 0.4) is 0 Å². The number of rotatable bonds is 7. The summed E-state index contributed by atoms with van der Waals surface area (Å²) in [7, 11) is 0. The highest BCUT2D eigenvalue weighted by atomic mass is 15.1. The molecule has 0 saturated carbocycles. The van der Waals surface area contributed by atoms with E-state index in [1.54, 1.807) is 0 Å². The third-order valence-electron chi connectivity index (χ3n) is 3.95. The number of aryl methyl sites for hydroxylation is 2. The van der Waals surface area contributed by atoms with Gasteiger partial charge in [-0.05, 0) is 52.0 Å². The van der Waals surface area contributed by atoms with Crippen molar-refractivity contribution < 1.29 is 0 Å². The van der Waals surface area contributed by atoms with Crippen LogP contribution in [0.25, 0.3) is 0 Å². The lowest BCUT2D eigenvalue weighted by Crippen LogP contribution is -2.25. The summed E-state index contributed by atoms with van der Waals surface area (Å²) in [5, 5.41) is 3.47. The van der Waals surface area contributed by atoms with Gasteiger partial charge in [-0.25, -0.2) is 4.98 Å². The summed E-state index contributed by atoms with van der Waals surface area (Å²) < 4.78 is 2.40. The summed E-state index contributed by atoms with van der Waals surface area (Å²) in [5.41, 5.74) is 2.88. The van der Waals surface area contributed by atoms with Crippen molar-refractivity contribution in [1.82, 2.24) is 14.9 Å². The van der Waals surface area contributed by atoms with Crippen molar-refractivity contribution in [3.63, 3.8) is 0 Å². The van der Waals surface area contributed by atoms with Crippen LogP contribution < -0.4 is 5.32 Å². The second kappa shape index (κ2) is 6.93. The predicted octanol–water partition coefficient (Wildman–Crippen LogP) is 2.93. The molecule has 1 atom stereocenters. The van der Waals surface area contributed by atoms with Gasteiger partial charge in [0, 0.05) is 18.3 Å². The summed E-state index contributed by atoms with van der Waals surface area (Å²) in [5.74, 6) is 0. The Morgan fingerprint density at radius 1 is 1.33 bits per heavy atom. The first-order chi connectivity index (χ1) is 8.81. The van der Waals surface area contributed by atoms with Crippen LogP contribution in [0.15, 0.2) is 6.33 Å². The number of nitrogens with zero attached hydrogens (tertiary/aromatic N) is 2. The first kappa shape index (κ1) is 13.6. The highest BCUT2D eigenvalue weighted by molar-refractivity contribution is 5.16. The zero-order chi connectivity index (χ0) is 12.8. The molecular formula is C15H27N3. The zero-order valence-corrected chi connectivity index (χ0v) is 11.9. The SMILES string of the molecule is CCNC(C)CCCCn1cnc2c1CCCC2. The van der Waals surface area contributed by atoms with Gasteiger partial charge in [0.2, 0.25) is 0 Å². The Labute approximate surface area is 111 Å². The van der Waals surface area contributed by atoms with Crippen LogP contribution in [0.2, 0.25) is 0 Å². The molecule has 3 heteroatoms. The van der Waals surface area contributed by atoms with Crippen LogP contribution in [0.4, 0.5) is 0 Å². The van der Waals surface area contributed by atoms with Gasteiger partial charge in [-0.15, -0.1) is 0 Å². The van der Waals surface area contributed by atoms with E-state index >= 15 is 0 Å². The molecule has 102 valence electrons. The summed E-state index contributed by atoms with van der Waals surface area (Å²) >= 11 is 0. The smallest absolute Gasteiger partial charge is 0.0951 e. The molecule has 0 amide bonds. The third kappa shape index (κ3) is 3.58. The average molecular weight is 249 g/mol. The van der Waals surface area contributed by atoms with Crippen molar-refractivity contribution in [3.8, 4) is 0 Å². The van der Waals surface area contributed by atoms with E-state index in [0.29, 0.717) is 6.04 Å². The first-order valence-corrected chi connectivity index (χ1v) is 7.57. The van der Waals surface area contributed by atoms with E-state index in [1.807, 2.05) is 0 Å². The normalized spacial score (nSPS) is 16.6. The number of nitrogens with one attached hydrogen (secondary N) is 1. The number of hydrogen-bond acceptors (Lipinski definition) is 2. The van der Waals surface area contributed by atoms with Crippen LogP contribution in [0.5, 0.6) is 0 Å². The molecule has 1 N–H and O–H groups in total. The van der Waals surface area contributed by atoms with E-state index in [2.05, 4.69) is 35.0 Å². The molecule has 1 unspecified atom stereocenters. The van der Waals surface area contributed by atoms with Gasteiger partial charge < -0.3 is 9.88 Å². The van der Waals surface area contributed by atoms with Crippen LogP contribution in [0, 0.1) is 0 Å². The largest absolute Gasteiger partial charge is 0.334 e. The Bertz CT molecular complexity index is 357. The molecule has 1 aliphatic rings. The van der Waals surface area contributed by atoms with Gasteiger partial charge >= 0.3 is 0 Å². The maximum absolute atomic E-state index is 4.55. The number of fused-ring (bicyclic) bond motifs is 1. The Morgan fingerprint density at radius 3 is 3.00 bits per heavy atom. The molecule has 0 fully saturated rings. The Balaban J connectivity index is 1.72. The van der Waals surface area contributed by atoms with Crippen molar-refractivity contribution in [2.24, 2.45) is 0 Å². The predicted molar refractivity (Wildman–Crippen MR) is 75.9 cm³/mol. The minimum atomic E-state index is 0.659. The Kier molecular flexibility index (Phi) is 5.24. The van der Waals surface area contributed by atoms with Crippen LogP contribution in [-0.4, -0.2) is 22.1 Å². The molecule has 2 rings (SSSR count). The molecule has 1 aliphatic carbocycles. The van der Waals surface area contributed by atoms with E-state index in [9.17, 15) is 0 Å². The van der Waals surface area contributed by atoms with Crippen molar-refractivity contribution in [2.45, 2.75) is 71.4 Å². The van der Waals surface area contributed by atoms with Crippen molar-refractivity contribution in [3.05, 3.63) is 17.7 Å². The lowest BCUT2D eigenvalue weighted by atomic mass is 10.0. The van der Waals surface area contributed by atoms with Gasteiger partial charge in [0.05, 0.1) is 12.0 Å². The van der Waals surface area contributed by atoms with Gasteiger partial charge in [0.1, 0.15) is 0 Å². The van der Waals surface area contributed by atoms with Crippen LogP contribution in [0.1, 0.15) is 57.3 Å². The van der Waals surface area contributed by atoms with Gasteiger partial charge in [0.25, 0.3) is 0 Å². The van der Waals surface area contributed by atoms with Gasteiger partial charge in [-0.2, -0.15) is 0 Å². The monoisotopic (exact) mass is 249 g/mol. The van der Waals surface area contributed by atoms with Gasteiger partial charge in [-0.1, -0.05) is 13.3 Å². The summed E-state index contributed by atoms with van der Waals surface area (Å²) in [6, 6.07) is 0.659. The van der Waals surface area contributed by atoms with Crippen LogP contribution >= 0.6 is 0 Å². The summed E-state index contributed by atoms with van der Waals surface area (Å²) in [6.07, 6.45) is 11.0.